The highest BCUT2D eigenvalue weighted by atomic mass is 16.3. The van der Waals surface area contributed by atoms with Gasteiger partial charge in [0.1, 0.15) is 18.1 Å². The highest BCUT2D eigenvalue weighted by molar-refractivity contribution is 5.94. The summed E-state index contributed by atoms with van der Waals surface area (Å²) in [4.78, 5) is 60.4. The maximum Gasteiger partial charge on any atom is 0.245 e. The third-order valence-electron chi connectivity index (χ3n) is 5.28. The Morgan fingerprint density at radius 1 is 1.00 bits per heavy atom. The molecule has 0 aromatic rings. The Morgan fingerprint density at radius 2 is 1.61 bits per heavy atom. The molecule has 0 spiro atoms. The van der Waals surface area contributed by atoms with Gasteiger partial charge in [0.05, 0.1) is 25.3 Å². The number of nitrogens with two attached hydrogens (primary N) is 2. The lowest BCUT2D eigenvalue weighted by molar-refractivity contribution is -0.135. The quantitative estimate of drug-likeness (QED) is 0.0505. The van der Waals surface area contributed by atoms with Crippen LogP contribution in [0.15, 0.2) is 0 Å². The van der Waals surface area contributed by atoms with Gasteiger partial charge in [-0.3, -0.25) is 29.4 Å². The molecule has 0 aromatic carbocycles. The van der Waals surface area contributed by atoms with Crippen molar-refractivity contribution < 1.29 is 34.2 Å². The highest BCUT2D eigenvalue weighted by Crippen LogP contribution is 2.10. The number of carbonyl (C=O) groups is 4. The van der Waals surface area contributed by atoms with Gasteiger partial charge >= 0.3 is 0 Å². The van der Waals surface area contributed by atoms with Crippen molar-refractivity contribution in [1.82, 2.24) is 26.6 Å². The molecule has 15 heteroatoms. The van der Waals surface area contributed by atoms with E-state index >= 15 is 0 Å². The lowest BCUT2D eigenvalue weighted by Crippen LogP contribution is -2.60. The fourth-order valence-electron chi connectivity index (χ4n) is 2.92. The maximum absolute atomic E-state index is 13.0. The van der Waals surface area contributed by atoms with Gasteiger partial charge in [-0.15, -0.1) is 0 Å². The van der Waals surface area contributed by atoms with Gasteiger partial charge in [0.2, 0.25) is 29.9 Å². The fourth-order valence-corrected chi connectivity index (χ4v) is 2.92. The lowest BCUT2D eigenvalue weighted by Gasteiger charge is -2.28. The zero-order valence-corrected chi connectivity index (χ0v) is 20.8. The molecule has 0 saturated carbocycles. The van der Waals surface area contributed by atoms with Crippen LogP contribution in [-0.2, 0) is 24.0 Å². The smallest absolute Gasteiger partial charge is 0.245 e. The van der Waals surface area contributed by atoms with Gasteiger partial charge in [0, 0.05) is 6.54 Å². The Hall–Kier alpha value is -3.30. The normalized spacial score (nSPS) is 15.7. The molecule has 0 unspecified atom stereocenters. The van der Waals surface area contributed by atoms with Gasteiger partial charge in [-0.25, -0.2) is 0 Å². The first-order valence-electron chi connectivity index (χ1n) is 11.6. The summed E-state index contributed by atoms with van der Waals surface area (Å²) >= 11 is 0. The van der Waals surface area contributed by atoms with Gasteiger partial charge in [0.15, 0.2) is 5.96 Å². The van der Waals surface area contributed by atoms with E-state index in [1.165, 1.54) is 13.2 Å². The molecular formula is C21H39N8O7. The summed E-state index contributed by atoms with van der Waals surface area (Å²) in [6, 6.07) is -4.70. The summed E-state index contributed by atoms with van der Waals surface area (Å²) in [6.45, 7) is 3.87. The van der Waals surface area contributed by atoms with E-state index in [4.69, 9.17) is 22.0 Å². The standard InChI is InChI=1S/C21H39N8O7/c1-4-11(2)16(28-18(34)14(22)6-5-7-25-21(23)24)20(36)29-17(12(3)32)19(35)26-8-15(33)27-13(9-30)10-31/h11-14,16-17,30,32H,4-9,22H2,1-3H3,(H,26,35)(H,27,33)(H,28,34)(H,29,36)(H4,23,24,25)/t11-,12-,13-,14+,16-,17-/m0/s1. The van der Waals surface area contributed by atoms with Crippen molar-refractivity contribution in [2.24, 2.45) is 17.4 Å². The fraction of sp³-hybridized carbons (Fsp3) is 0.714. The van der Waals surface area contributed by atoms with Crippen molar-refractivity contribution >= 4 is 35.9 Å². The van der Waals surface area contributed by atoms with Crippen LogP contribution < -0.4 is 38.1 Å². The average Bonchev–Trinajstić information content (AvgIpc) is 2.83. The Morgan fingerprint density at radius 3 is 2.11 bits per heavy atom. The number of hydrogen-bond donors (Lipinski definition) is 10. The molecule has 15 nitrogen and oxygen atoms in total. The maximum atomic E-state index is 13.0. The monoisotopic (exact) mass is 515 g/mol. The number of guanidine groups is 1. The molecule has 0 saturated heterocycles. The number of carbonyl (C=O) groups excluding carboxylic acids is 5. The highest BCUT2D eigenvalue weighted by Gasteiger charge is 2.33. The molecule has 205 valence electrons. The van der Waals surface area contributed by atoms with E-state index < -0.39 is 67.1 Å². The number of aliphatic hydroxyl groups is 2. The molecule has 0 bridgehead atoms. The zero-order valence-electron chi connectivity index (χ0n) is 20.8. The largest absolute Gasteiger partial charge is 0.394 e. The lowest BCUT2D eigenvalue weighted by atomic mass is 9.97. The molecule has 6 atom stereocenters. The van der Waals surface area contributed by atoms with Crippen molar-refractivity contribution in [2.45, 2.75) is 70.3 Å². The van der Waals surface area contributed by atoms with E-state index in [0.29, 0.717) is 19.4 Å². The summed E-state index contributed by atoms with van der Waals surface area (Å²) < 4.78 is 0. The van der Waals surface area contributed by atoms with Crippen molar-refractivity contribution in [3.8, 4) is 0 Å². The Kier molecular flexibility index (Phi) is 15.6. The molecule has 0 fully saturated rings. The summed E-state index contributed by atoms with van der Waals surface area (Å²) in [5.41, 5.74) is 11.1. The topological polar surface area (TPSA) is 262 Å². The van der Waals surface area contributed by atoms with E-state index in [-0.39, 0.29) is 18.3 Å². The van der Waals surface area contributed by atoms with Crippen LogP contribution in [-0.4, -0.2) is 96.1 Å². The van der Waals surface area contributed by atoms with Crippen LogP contribution >= 0.6 is 0 Å². The Bertz CT molecular complexity index is 765. The summed E-state index contributed by atoms with van der Waals surface area (Å²) in [5, 5.41) is 37.9. The van der Waals surface area contributed by atoms with Crippen LogP contribution in [0.25, 0.3) is 0 Å². The SMILES string of the molecule is CC[C@H](C)[C@H](NC(=O)[C@H](N)CCCNC(=N)N)C(=O)N[C@H](C(=O)NCC(=O)N[C@H]([C]=O)CO)[C@H](C)O. The van der Waals surface area contributed by atoms with Gasteiger partial charge in [-0.05, 0) is 25.7 Å². The molecule has 0 aliphatic carbocycles. The Labute approximate surface area is 210 Å². The molecule has 12 N–H and O–H groups in total. The summed E-state index contributed by atoms with van der Waals surface area (Å²) in [5.74, 6) is -3.54. The van der Waals surface area contributed by atoms with Gasteiger partial charge in [-0.1, -0.05) is 20.3 Å². The first-order chi connectivity index (χ1) is 16.9. The van der Waals surface area contributed by atoms with Crippen LogP contribution in [0.4, 0.5) is 0 Å². The molecule has 0 heterocycles. The molecular weight excluding hydrogens is 476 g/mol. The molecule has 0 aromatic heterocycles. The van der Waals surface area contributed by atoms with Crippen LogP contribution in [0.5, 0.6) is 0 Å². The van der Waals surface area contributed by atoms with Gasteiger partial charge in [-0.2, -0.15) is 0 Å². The minimum absolute atomic E-state index is 0.201. The van der Waals surface area contributed by atoms with Crippen molar-refractivity contribution in [2.75, 3.05) is 19.7 Å². The number of amides is 4. The third kappa shape index (κ3) is 12.4. The van der Waals surface area contributed by atoms with Crippen molar-refractivity contribution in [1.29, 1.82) is 5.41 Å². The number of nitrogens with one attached hydrogen (secondary N) is 6. The minimum Gasteiger partial charge on any atom is -0.394 e. The van der Waals surface area contributed by atoms with Crippen LogP contribution in [0.2, 0.25) is 0 Å². The van der Waals surface area contributed by atoms with Gasteiger partial charge in [0.25, 0.3) is 0 Å². The second kappa shape index (κ2) is 17.2. The van der Waals surface area contributed by atoms with E-state index in [0.717, 1.165) is 0 Å². The van der Waals surface area contributed by atoms with E-state index in [2.05, 4.69) is 26.6 Å². The van der Waals surface area contributed by atoms with E-state index in [1.54, 1.807) is 13.8 Å². The van der Waals surface area contributed by atoms with Crippen molar-refractivity contribution in [3.63, 3.8) is 0 Å². The molecule has 0 rings (SSSR count). The van der Waals surface area contributed by atoms with Crippen LogP contribution in [0, 0.1) is 11.3 Å². The summed E-state index contributed by atoms with van der Waals surface area (Å²) in [6.07, 6.45) is 1.27. The number of aliphatic hydroxyl groups excluding tert-OH is 2. The summed E-state index contributed by atoms with van der Waals surface area (Å²) in [7, 11) is 0. The predicted molar refractivity (Wildman–Crippen MR) is 130 cm³/mol. The molecule has 0 aliphatic rings. The number of rotatable bonds is 17. The van der Waals surface area contributed by atoms with Crippen molar-refractivity contribution in [3.05, 3.63) is 0 Å². The van der Waals surface area contributed by atoms with Gasteiger partial charge < -0.3 is 48.3 Å². The molecule has 0 aliphatic heterocycles. The average molecular weight is 516 g/mol. The zero-order chi connectivity index (χ0) is 27.8. The first-order valence-corrected chi connectivity index (χ1v) is 11.6. The predicted octanol–water partition coefficient (Wildman–Crippen LogP) is -4.32. The van der Waals surface area contributed by atoms with Crippen LogP contribution in [0.1, 0.15) is 40.0 Å². The minimum atomic E-state index is -1.45. The number of hydrogen-bond acceptors (Lipinski definition) is 9. The first kappa shape index (κ1) is 32.7. The second-order valence-corrected chi connectivity index (χ2v) is 8.33. The third-order valence-corrected chi connectivity index (χ3v) is 5.28. The molecule has 36 heavy (non-hydrogen) atoms. The molecule has 4 amide bonds. The van der Waals surface area contributed by atoms with E-state index in [1.807, 2.05) is 0 Å². The molecule has 1 radical (unpaired) electrons. The Balaban J connectivity index is 5.14. The second-order valence-electron chi connectivity index (χ2n) is 8.33. The van der Waals surface area contributed by atoms with E-state index in [9.17, 15) is 29.1 Å². The van der Waals surface area contributed by atoms with Crippen LogP contribution in [0.3, 0.4) is 0 Å².